The van der Waals surface area contributed by atoms with Gasteiger partial charge >= 0.3 is 0 Å². The van der Waals surface area contributed by atoms with E-state index in [2.05, 4.69) is 58.0 Å². The van der Waals surface area contributed by atoms with Crippen molar-refractivity contribution >= 4 is 0 Å². The molecule has 0 saturated heterocycles. The Morgan fingerprint density at radius 2 is 1.45 bits per heavy atom. The largest absolute Gasteiger partial charge is 0.0628 e. The summed E-state index contributed by atoms with van der Waals surface area (Å²) in [7, 11) is 0. The lowest BCUT2D eigenvalue weighted by Crippen LogP contribution is -2.08. The average molecular weight is 274 g/mol. The predicted molar refractivity (Wildman–Crippen MR) is 91.0 cm³/mol. The number of hydrogen-bond acceptors (Lipinski definition) is 0. The highest BCUT2D eigenvalue weighted by atomic mass is 14.2. The van der Waals surface area contributed by atoms with Gasteiger partial charge in [-0.15, -0.1) is 0 Å². The highest BCUT2D eigenvalue weighted by Crippen LogP contribution is 2.28. The number of rotatable bonds is 4. The molecular formula is C20H34. The summed E-state index contributed by atoms with van der Waals surface area (Å²) in [6.07, 6.45) is 10.2. The van der Waals surface area contributed by atoms with E-state index in [1.807, 2.05) is 0 Å². The summed E-state index contributed by atoms with van der Waals surface area (Å²) in [6, 6.07) is 10.6. The molecule has 2 rings (SSSR count). The van der Waals surface area contributed by atoms with Gasteiger partial charge in [0.05, 0.1) is 0 Å². The van der Waals surface area contributed by atoms with Crippen molar-refractivity contribution in [2.75, 3.05) is 0 Å². The first-order chi connectivity index (χ1) is 9.58. The van der Waals surface area contributed by atoms with Crippen molar-refractivity contribution in [3.05, 3.63) is 35.9 Å². The van der Waals surface area contributed by atoms with Crippen LogP contribution >= 0.6 is 0 Å². The first-order valence-corrected chi connectivity index (χ1v) is 8.61. The van der Waals surface area contributed by atoms with E-state index in [-0.39, 0.29) is 0 Å². The summed E-state index contributed by atoms with van der Waals surface area (Å²) in [5, 5.41) is 0. The van der Waals surface area contributed by atoms with Crippen LogP contribution in [0.3, 0.4) is 0 Å². The van der Waals surface area contributed by atoms with Crippen molar-refractivity contribution in [3.63, 3.8) is 0 Å². The van der Waals surface area contributed by atoms with Gasteiger partial charge < -0.3 is 0 Å². The first-order valence-electron chi connectivity index (χ1n) is 8.61. The summed E-state index contributed by atoms with van der Waals surface area (Å²) < 4.78 is 0. The molecule has 0 spiro atoms. The zero-order chi connectivity index (χ0) is 14.8. The predicted octanol–water partition coefficient (Wildman–Crippen LogP) is 6.50. The zero-order valence-electron chi connectivity index (χ0n) is 14.1. The molecule has 0 heteroatoms. The SMILES string of the molecule is CC(C)CC1CCCCC1.CC(C)Cc1ccccc1. The van der Waals surface area contributed by atoms with Crippen LogP contribution in [0.4, 0.5) is 0 Å². The summed E-state index contributed by atoms with van der Waals surface area (Å²) in [6.45, 7) is 9.17. The van der Waals surface area contributed by atoms with E-state index in [0.717, 1.165) is 17.8 Å². The van der Waals surface area contributed by atoms with Crippen molar-refractivity contribution < 1.29 is 0 Å². The fraction of sp³-hybridized carbons (Fsp3) is 0.700. The third kappa shape index (κ3) is 8.40. The third-order valence-corrected chi connectivity index (χ3v) is 4.02. The summed E-state index contributed by atoms with van der Waals surface area (Å²) in [5.41, 5.74) is 1.44. The van der Waals surface area contributed by atoms with Crippen LogP contribution in [0.2, 0.25) is 0 Å². The van der Waals surface area contributed by atoms with Gasteiger partial charge in [-0.05, 0) is 36.2 Å². The average Bonchev–Trinajstić information content (AvgIpc) is 2.40. The second kappa shape index (κ2) is 10.0. The first kappa shape index (κ1) is 17.3. The molecule has 0 heterocycles. The van der Waals surface area contributed by atoms with E-state index >= 15 is 0 Å². The summed E-state index contributed by atoms with van der Waals surface area (Å²) in [5.74, 6) is 2.76. The standard InChI is InChI=1S/C10H20.C10H14/c2*1-9(2)8-10-6-4-3-5-7-10/h9-10H,3-8H2,1-2H3;3-7,9H,8H2,1-2H3. The van der Waals surface area contributed by atoms with E-state index in [0.29, 0.717) is 0 Å². The van der Waals surface area contributed by atoms with Crippen molar-refractivity contribution in [2.45, 2.75) is 72.6 Å². The van der Waals surface area contributed by atoms with Crippen molar-refractivity contribution in [3.8, 4) is 0 Å². The van der Waals surface area contributed by atoms with Gasteiger partial charge in [0.1, 0.15) is 0 Å². The number of benzene rings is 1. The zero-order valence-corrected chi connectivity index (χ0v) is 14.1. The van der Waals surface area contributed by atoms with Crippen LogP contribution in [0.25, 0.3) is 0 Å². The maximum absolute atomic E-state index is 2.34. The molecule has 1 aliphatic carbocycles. The molecule has 0 radical (unpaired) electrons. The van der Waals surface area contributed by atoms with Crippen molar-refractivity contribution in [1.29, 1.82) is 0 Å². The molecular weight excluding hydrogens is 240 g/mol. The molecule has 0 nitrogen and oxygen atoms in total. The topological polar surface area (TPSA) is 0 Å². The molecule has 114 valence electrons. The lowest BCUT2D eigenvalue weighted by molar-refractivity contribution is 0.305. The molecule has 0 bridgehead atoms. The van der Waals surface area contributed by atoms with E-state index in [1.54, 1.807) is 0 Å². The highest BCUT2D eigenvalue weighted by Gasteiger charge is 2.13. The Hall–Kier alpha value is -0.780. The van der Waals surface area contributed by atoms with Gasteiger partial charge in [-0.25, -0.2) is 0 Å². The van der Waals surface area contributed by atoms with Gasteiger partial charge in [0.2, 0.25) is 0 Å². The van der Waals surface area contributed by atoms with Crippen molar-refractivity contribution in [1.82, 2.24) is 0 Å². The quantitative estimate of drug-likeness (QED) is 0.588. The Labute approximate surface area is 127 Å². The summed E-state index contributed by atoms with van der Waals surface area (Å²) in [4.78, 5) is 0. The molecule has 0 unspecified atom stereocenters. The minimum absolute atomic E-state index is 0.766. The molecule has 0 atom stereocenters. The minimum atomic E-state index is 0.766. The monoisotopic (exact) mass is 274 g/mol. The Bertz CT molecular complexity index is 317. The van der Waals surface area contributed by atoms with E-state index in [1.165, 1.54) is 50.5 Å². The van der Waals surface area contributed by atoms with Gasteiger partial charge in [0.25, 0.3) is 0 Å². The van der Waals surface area contributed by atoms with Crippen LogP contribution < -0.4 is 0 Å². The minimum Gasteiger partial charge on any atom is -0.0628 e. The van der Waals surface area contributed by atoms with Gasteiger partial charge in [-0.3, -0.25) is 0 Å². The Morgan fingerprint density at radius 3 is 1.95 bits per heavy atom. The van der Waals surface area contributed by atoms with Gasteiger partial charge in [0.15, 0.2) is 0 Å². The van der Waals surface area contributed by atoms with Crippen LogP contribution in [-0.4, -0.2) is 0 Å². The van der Waals surface area contributed by atoms with Crippen LogP contribution in [0.1, 0.15) is 71.8 Å². The molecule has 0 aliphatic heterocycles. The summed E-state index contributed by atoms with van der Waals surface area (Å²) >= 11 is 0. The second-order valence-corrected chi connectivity index (χ2v) is 7.22. The van der Waals surface area contributed by atoms with Crippen LogP contribution in [0.5, 0.6) is 0 Å². The smallest absolute Gasteiger partial charge is 0.0256 e. The Kier molecular flexibility index (Phi) is 8.65. The lowest BCUT2D eigenvalue weighted by atomic mass is 9.84. The molecule has 20 heavy (non-hydrogen) atoms. The molecule has 1 aliphatic rings. The van der Waals surface area contributed by atoms with E-state index < -0.39 is 0 Å². The van der Waals surface area contributed by atoms with Gasteiger partial charge in [0, 0.05) is 0 Å². The van der Waals surface area contributed by atoms with E-state index in [4.69, 9.17) is 0 Å². The maximum Gasteiger partial charge on any atom is -0.0256 e. The highest BCUT2D eigenvalue weighted by molar-refractivity contribution is 5.14. The fourth-order valence-corrected chi connectivity index (χ4v) is 3.18. The molecule has 1 aromatic rings. The normalized spacial score (nSPS) is 16.1. The molecule has 1 saturated carbocycles. The number of hydrogen-bond donors (Lipinski definition) is 0. The van der Waals surface area contributed by atoms with Crippen LogP contribution in [0.15, 0.2) is 30.3 Å². The maximum atomic E-state index is 2.34. The molecule has 1 fully saturated rings. The molecule has 0 aromatic heterocycles. The van der Waals surface area contributed by atoms with Gasteiger partial charge in [-0.1, -0.05) is 90.1 Å². The molecule has 1 aromatic carbocycles. The van der Waals surface area contributed by atoms with Crippen LogP contribution in [0, 0.1) is 17.8 Å². The van der Waals surface area contributed by atoms with Gasteiger partial charge in [-0.2, -0.15) is 0 Å². The van der Waals surface area contributed by atoms with E-state index in [9.17, 15) is 0 Å². The lowest BCUT2D eigenvalue weighted by Gasteiger charge is -2.22. The Balaban J connectivity index is 0.000000200. The third-order valence-electron chi connectivity index (χ3n) is 4.02. The molecule has 0 amide bonds. The Morgan fingerprint density at radius 1 is 0.850 bits per heavy atom. The van der Waals surface area contributed by atoms with Crippen molar-refractivity contribution in [2.24, 2.45) is 17.8 Å². The molecule has 0 N–H and O–H groups in total. The second-order valence-electron chi connectivity index (χ2n) is 7.22. The van der Waals surface area contributed by atoms with Crippen LogP contribution in [-0.2, 0) is 6.42 Å². The fourth-order valence-electron chi connectivity index (χ4n) is 3.18.